The SMILES string of the molecule is CC[N+](CC(=O)NC(=O)[C@@H](C)N)(C(=O)OC(C)(C)C)C(Cc1ccccc1)C(C)=O. The maximum absolute atomic E-state index is 13.3. The van der Waals surface area contributed by atoms with E-state index in [0.29, 0.717) is 0 Å². The number of hydrogen-bond donors (Lipinski definition) is 2. The van der Waals surface area contributed by atoms with Crippen molar-refractivity contribution in [2.24, 2.45) is 5.73 Å². The van der Waals surface area contributed by atoms with Crippen molar-refractivity contribution in [3.63, 3.8) is 0 Å². The fourth-order valence-corrected chi connectivity index (χ4v) is 3.17. The summed E-state index contributed by atoms with van der Waals surface area (Å²) >= 11 is 0. The first-order valence-electron chi connectivity index (χ1n) is 10.1. The third-order valence-electron chi connectivity index (χ3n) is 4.76. The summed E-state index contributed by atoms with van der Waals surface area (Å²) in [7, 11) is 0. The fraction of sp³-hybridized carbons (Fsp3) is 0.545. The summed E-state index contributed by atoms with van der Waals surface area (Å²) in [5, 5.41) is 2.21. The van der Waals surface area contributed by atoms with Crippen molar-refractivity contribution in [1.82, 2.24) is 5.32 Å². The minimum absolute atomic E-state index is 0.131. The molecule has 0 heterocycles. The quantitative estimate of drug-likeness (QED) is 0.621. The zero-order valence-corrected chi connectivity index (χ0v) is 18.7. The van der Waals surface area contributed by atoms with Gasteiger partial charge in [0.05, 0.1) is 12.6 Å². The number of hydrogen-bond acceptors (Lipinski definition) is 6. The zero-order valence-electron chi connectivity index (χ0n) is 18.7. The minimum Gasteiger partial charge on any atom is -0.414 e. The number of Topliss-reactive ketones (excluding diaryl/α,β-unsaturated/α-hetero) is 1. The lowest BCUT2D eigenvalue weighted by molar-refractivity contribution is -0.864. The highest BCUT2D eigenvalue weighted by Gasteiger charge is 2.50. The molecule has 0 spiro atoms. The highest BCUT2D eigenvalue weighted by Crippen LogP contribution is 2.24. The monoisotopic (exact) mass is 420 g/mol. The predicted octanol–water partition coefficient (Wildman–Crippen LogP) is 1.95. The van der Waals surface area contributed by atoms with Gasteiger partial charge in [0.15, 0.2) is 18.4 Å². The molecule has 0 bridgehead atoms. The van der Waals surface area contributed by atoms with Crippen LogP contribution in [0.5, 0.6) is 0 Å². The van der Waals surface area contributed by atoms with Crippen molar-refractivity contribution < 1.29 is 28.4 Å². The molecule has 30 heavy (non-hydrogen) atoms. The number of likely N-dealkylation sites (N-methyl/N-ethyl adjacent to an activating group) is 1. The maximum Gasteiger partial charge on any atom is 0.517 e. The Morgan fingerprint density at radius 2 is 1.70 bits per heavy atom. The van der Waals surface area contributed by atoms with Gasteiger partial charge in [-0.1, -0.05) is 30.3 Å². The Morgan fingerprint density at radius 3 is 2.13 bits per heavy atom. The van der Waals surface area contributed by atoms with Gasteiger partial charge in [-0.15, -0.1) is 0 Å². The molecule has 3 N–H and O–H groups in total. The van der Waals surface area contributed by atoms with Gasteiger partial charge >= 0.3 is 6.09 Å². The number of benzene rings is 1. The van der Waals surface area contributed by atoms with Crippen molar-refractivity contribution in [2.75, 3.05) is 13.1 Å². The predicted molar refractivity (Wildman–Crippen MR) is 113 cm³/mol. The van der Waals surface area contributed by atoms with E-state index in [1.165, 1.54) is 13.8 Å². The topological polar surface area (TPSA) is 116 Å². The Bertz CT molecular complexity index is 771. The van der Waals surface area contributed by atoms with Gasteiger partial charge in [0.2, 0.25) is 5.91 Å². The maximum atomic E-state index is 13.3. The third-order valence-corrected chi connectivity index (χ3v) is 4.76. The van der Waals surface area contributed by atoms with E-state index in [9.17, 15) is 19.2 Å². The van der Waals surface area contributed by atoms with Crippen molar-refractivity contribution >= 4 is 23.7 Å². The fourth-order valence-electron chi connectivity index (χ4n) is 3.17. The number of nitrogens with two attached hydrogens (primary N) is 1. The average molecular weight is 421 g/mol. The number of nitrogens with one attached hydrogen (secondary N) is 1. The van der Waals surface area contributed by atoms with Crippen LogP contribution in [0.15, 0.2) is 30.3 Å². The second-order valence-corrected chi connectivity index (χ2v) is 8.51. The van der Waals surface area contributed by atoms with Crippen molar-refractivity contribution in [2.45, 2.75) is 65.6 Å². The van der Waals surface area contributed by atoms with Gasteiger partial charge in [-0.05, 0) is 40.2 Å². The van der Waals surface area contributed by atoms with Crippen LogP contribution >= 0.6 is 0 Å². The lowest BCUT2D eigenvalue weighted by atomic mass is 9.98. The molecule has 0 fully saturated rings. The molecule has 0 aliphatic heterocycles. The van der Waals surface area contributed by atoms with E-state index < -0.39 is 46.6 Å². The van der Waals surface area contributed by atoms with E-state index in [1.54, 1.807) is 27.7 Å². The normalized spacial score (nSPS) is 15.4. The first kappa shape index (κ1) is 25.5. The minimum atomic E-state index is -0.882. The first-order valence-corrected chi connectivity index (χ1v) is 10.1. The molecular formula is C22H34N3O5+. The van der Waals surface area contributed by atoms with Crippen molar-refractivity contribution in [3.8, 4) is 0 Å². The van der Waals surface area contributed by atoms with Gasteiger partial charge in [-0.25, -0.2) is 4.48 Å². The molecule has 8 heteroatoms. The Morgan fingerprint density at radius 1 is 1.13 bits per heavy atom. The van der Waals surface area contributed by atoms with Crippen LogP contribution in [0.2, 0.25) is 0 Å². The van der Waals surface area contributed by atoms with Gasteiger partial charge in [-0.2, -0.15) is 4.79 Å². The molecule has 0 radical (unpaired) electrons. The molecule has 166 valence electrons. The summed E-state index contributed by atoms with van der Waals surface area (Å²) in [6.07, 6.45) is -0.442. The van der Waals surface area contributed by atoms with Crippen LogP contribution in [0.3, 0.4) is 0 Å². The average Bonchev–Trinajstić information content (AvgIpc) is 2.63. The number of rotatable bonds is 8. The smallest absolute Gasteiger partial charge is 0.414 e. The van der Waals surface area contributed by atoms with Gasteiger partial charge in [0.1, 0.15) is 5.60 Å². The number of ketones is 1. The lowest BCUT2D eigenvalue weighted by Gasteiger charge is -2.40. The van der Waals surface area contributed by atoms with E-state index >= 15 is 0 Å². The molecule has 8 nitrogen and oxygen atoms in total. The first-order chi connectivity index (χ1) is 13.8. The molecule has 0 aromatic heterocycles. The number of quaternary nitrogens is 1. The molecule has 0 aliphatic rings. The lowest BCUT2D eigenvalue weighted by Crippen LogP contribution is -2.66. The molecule has 0 saturated carbocycles. The standard InChI is InChI=1S/C22H33N3O5/c1-7-25(21(29)30-22(4,5)6,14-19(27)24-20(28)15(2)23)18(16(3)26)13-17-11-9-8-10-12-17/h8-12,15,18H,7,13-14,23H2,1-6H3/p+1/t15-,18?,25?/m1/s1. The highest BCUT2D eigenvalue weighted by atomic mass is 16.6. The van der Waals surface area contributed by atoms with E-state index in [4.69, 9.17) is 10.5 Å². The molecule has 1 aromatic carbocycles. The van der Waals surface area contributed by atoms with Gasteiger partial charge in [0, 0.05) is 13.3 Å². The Kier molecular flexibility index (Phi) is 8.87. The van der Waals surface area contributed by atoms with Crippen molar-refractivity contribution in [1.29, 1.82) is 0 Å². The number of amides is 3. The summed E-state index contributed by atoms with van der Waals surface area (Å²) < 4.78 is 5.05. The number of imide groups is 1. The number of carbonyl (C=O) groups excluding carboxylic acids is 4. The largest absolute Gasteiger partial charge is 0.517 e. The Labute approximate surface area is 178 Å². The summed E-state index contributed by atoms with van der Waals surface area (Å²) in [6, 6.07) is 7.51. The molecular weight excluding hydrogens is 386 g/mol. The van der Waals surface area contributed by atoms with E-state index in [1.807, 2.05) is 30.3 Å². The zero-order chi connectivity index (χ0) is 23.1. The van der Waals surface area contributed by atoms with E-state index in [2.05, 4.69) is 5.32 Å². The molecule has 1 rings (SSSR count). The van der Waals surface area contributed by atoms with Crippen LogP contribution in [-0.4, -0.2) is 58.9 Å². The van der Waals surface area contributed by atoms with E-state index in [0.717, 1.165) is 5.56 Å². The summed E-state index contributed by atoms with van der Waals surface area (Å²) in [6.45, 7) is 9.43. The van der Waals surface area contributed by atoms with Crippen molar-refractivity contribution in [3.05, 3.63) is 35.9 Å². The molecule has 3 amide bonds. The molecule has 0 saturated heterocycles. The summed E-state index contributed by atoms with van der Waals surface area (Å²) in [5.74, 6) is -1.59. The van der Waals surface area contributed by atoms with Gasteiger partial charge in [-0.3, -0.25) is 19.7 Å². The van der Waals surface area contributed by atoms with Crippen LogP contribution in [0, 0.1) is 0 Å². The second kappa shape index (κ2) is 10.4. The van der Waals surface area contributed by atoms with Crippen LogP contribution in [0.1, 0.15) is 47.1 Å². The molecule has 1 aromatic rings. The van der Waals surface area contributed by atoms with Crippen LogP contribution < -0.4 is 11.1 Å². The number of ether oxygens (including phenoxy) is 1. The number of nitrogens with zero attached hydrogens (tertiary/aromatic N) is 1. The van der Waals surface area contributed by atoms with Gasteiger partial charge < -0.3 is 10.5 Å². The Hall–Kier alpha value is -2.58. The summed E-state index contributed by atoms with van der Waals surface area (Å²) in [4.78, 5) is 50.5. The van der Waals surface area contributed by atoms with Crippen LogP contribution in [0.25, 0.3) is 0 Å². The summed E-state index contributed by atoms with van der Waals surface area (Å²) in [5.41, 5.74) is 5.55. The number of carbonyl (C=O) groups is 4. The molecule has 3 atom stereocenters. The molecule has 2 unspecified atom stereocenters. The Balaban J connectivity index is 3.39. The van der Waals surface area contributed by atoms with Gasteiger partial charge in [0.25, 0.3) is 5.91 Å². The second-order valence-electron chi connectivity index (χ2n) is 8.51. The molecule has 0 aliphatic carbocycles. The van der Waals surface area contributed by atoms with E-state index in [-0.39, 0.29) is 18.7 Å². The third kappa shape index (κ3) is 7.03. The highest BCUT2D eigenvalue weighted by molar-refractivity contribution is 5.98. The van der Waals surface area contributed by atoms with Crippen LogP contribution in [0.4, 0.5) is 4.79 Å². The van der Waals surface area contributed by atoms with Crippen LogP contribution in [-0.2, 0) is 25.5 Å².